The predicted molar refractivity (Wildman–Crippen MR) is 65.8 cm³/mol. The smallest absolute Gasteiger partial charge is 0.320 e. The molecule has 0 aromatic heterocycles. The van der Waals surface area contributed by atoms with Crippen LogP contribution in [0.2, 0.25) is 0 Å². The third-order valence-electron chi connectivity index (χ3n) is 3.41. The second kappa shape index (κ2) is 6.21. The third-order valence-corrected chi connectivity index (χ3v) is 3.41. The molecule has 2 N–H and O–H groups in total. The van der Waals surface area contributed by atoms with Crippen LogP contribution in [0, 0.1) is 0 Å². The Morgan fingerprint density at radius 2 is 2.11 bits per heavy atom. The zero-order valence-corrected chi connectivity index (χ0v) is 10.8. The van der Waals surface area contributed by atoms with E-state index in [-0.39, 0.29) is 37.7 Å². The summed E-state index contributed by atoms with van der Waals surface area (Å²) < 4.78 is 5.31. The van der Waals surface area contributed by atoms with Crippen LogP contribution in [0.4, 0.5) is 4.79 Å². The molecule has 0 radical (unpaired) electrons. The molecule has 0 aromatic rings. The summed E-state index contributed by atoms with van der Waals surface area (Å²) in [6.07, 6.45) is 1.52. The summed E-state index contributed by atoms with van der Waals surface area (Å²) >= 11 is 0. The van der Waals surface area contributed by atoms with Crippen molar-refractivity contribution in [3.05, 3.63) is 0 Å². The number of aliphatic hydroxyl groups is 1. The van der Waals surface area contributed by atoms with Gasteiger partial charge in [-0.15, -0.1) is 0 Å². The SMILES string of the molecule is O=C(O)CCN(C(=O)N1CCOC(CO)C1)C1CC1. The highest BCUT2D eigenvalue weighted by Crippen LogP contribution is 2.28. The van der Waals surface area contributed by atoms with Crippen molar-refractivity contribution in [3.63, 3.8) is 0 Å². The number of aliphatic carboxylic acids is 1. The van der Waals surface area contributed by atoms with Gasteiger partial charge < -0.3 is 24.7 Å². The Hall–Kier alpha value is -1.34. The molecule has 2 amide bonds. The fraction of sp³-hybridized carbons (Fsp3) is 0.833. The number of nitrogens with zero attached hydrogens (tertiary/aromatic N) is 2. The molecular formula is C12H20N2O5. The number of amides is 2. The van der Waals surface area contributed by atoms with Crippen molar-refractivity contribution in [1.82, 2.24) is 9.80 Å². The quantitative estimate of drug-likeness (QED) is 0.719. The van der Waals surface area contributed by atoms with Gasteiger partial charge in [0, 0.05) is 19.1 Å². The van der Waals surface area contributed by atoms with Crippen molar-refractivity contribution in [2.45, 2.75) is 31.4 Å². The number of urea groups is 1. The van der Waals surface area contributed by atoms with E-state index in [9.17, 15) is 9.59 Å². The first-order valence-electron chi connectivity index (χ1n) is 6.61. The highest BCUT2D eigenvalue weighted by Gasteiger charge is 2.36. The van der Waals surface area contributed by atoms with Gasteiger partial charge in [-0.1, -0.05) is 0 Å². The number of hydrogen-bond acceptors (Lipinski definition) is 4. The molecule has 0 spiro atoms. The number of hydrogen-bond donors (Lipinski definition) is 2. The van der Waals surface area contributed by atoms with Gasteiger partial charge in [-0.25, -0.2) is 4.79 Å². The Morgan fingerprint density at radius 1 is 1.37 bits per heavy atom. The minimum atomic E-state index is -0.895. The van der Waals surface area contributed by atoms with E-state index in [1.165, 1.54) is 0 Å². The summed E-state index contributed by atoms with van der Waals surface area (Å²) in [4.78, 5) is 26.3. The molecule has 1 aliphatic heterocycles. The number of aliphatic hydroxyl groups excluding tert-OH is 1. The van der Waals surface area contributed by atoms with Crippen LogP contribution >= 0.6 is 0 Å². The molecule has 1 unspecified atom stereocenters. The fourth-order valence-corrected chi connectivity index (χ4v) is 2.22. The van der Waals surface area contributed by atoms with E-state index in [1.54, 1.807) is 9.80 Å². The molecule has 0 bridgehead atoms. The molecular weight excluding hydrogens is 252 g/mol. The molecule has 1 saturated carbocycles. The second-order valence-corrected chi connectivity index (χ2v) is 4.97. The predicted octanol–water partition coefficient (Wildman–Crippen LogP) is -0.261. The number of ether oxygens (including phenoxy) is 1. The standard InChI is InChI=1S/C12H20N2O5/c15-8-10-7-13(5-6-19-10)12(18)14(9-1-2-9)4-3-11(16)17/h9-10,15H,1-8H2,(H,16,17). The number of carbonyl (C=O) groups excluding carboxylic acids is 1. The van der Waals surface area contributed by atoms with Gasteiger partial charge in [0.15, 0.2) is 0 Å². The van der Waals surface area contributed by atoms with Crippen molar-refractivity contribution in [1.29, 1.82) is 0 Å². The Morgan fingerprint density at radius 3 is 2.68 bits per heavy atom. The lowest BCUT2D eigenvalue weighted by molar-refractivity contribution is -0.137. The lowest BCUT2D eigenvalue weighted by atomic mass is 10.3. The van der Waals surface area contributed by atoms with E-state index >= 15 is 0 Å². The van der Waals surface area contributed by atoms with Crippen LogP contribution in [0.5, 0.6) is 0 Å². The normalized spacial score (nSPS) is 23.2. The van der Waals surface area contributed by atoms with Crippen LogP contribution in [0.25, 0.3) is 0 Å². The molecule has 2 aliphatic rings. The van der Waals surface area contributed by atoms with Gasteiger partial charge in [0.25, 0.3) is 0 Å². The molecule has 7 nitrogen and oxygen atoms in total. The van der Waals surface area contributed by atoms with E-state index in [0.29, 0.717) is 19.7 Å². The van der Waals surface area contributed by atoms with Crippen LogP contribution in [-0.2, 0) is 9.53 Å². The van der Waals surface area contributed by atoms with Gasteiger partial charge in [0.1, 0.15) is 0 Å². The molecule has 19 heavy (non-hydrogen) atoms. The lowest BCUT2D eigenvalue weighted by Crippen LogP contribution is -2.52. The summed E-state index contributed by atoms with van der Waals surface area (Å²) in [5.41, 5.74) is 0. The first-order valence-corrected chi connectivity index (χ1v) is 6.61. The minimum absolute atomic E-state index is 0.0317. The maximum absolute atomic E-state index is 12.4. The van der Waals surface area contributed by atoms with Crippen LogP contribution in [0.1, 0.15) is 19.3 Å². The van der Waals surface area contributed by atoms with E-state index in [4.69, 9.17) is 14.9 Å². The van der Waals surface area contributed by atoms with Crippen molar-refractivity contribution in [3.8, 4) is 0 Å². The third kappa shape index (κ3) is 3.81. The first kappa shape index (κ1) is 14.1. The van der Waals surface area contributed by atoms with Crippen LogP contribution < -0.4 is 0 Å². The Bertz CT molecular complexity index is 345. The van der Waals surface area contributed by atoms with Gasteiger partial charge in [-0.05, 0) is 12.8 Å². The van der Waals surface area contributed by atoms with Crippen molar-refractivity contribution in [2.24, 2.45) is 0 Å². The highest BCUT2D eigenvalue weighted by atomic mass is 16.5. The average molecular weight is 272 g/mol. The summed E-state index contributed by atoms with van der Waals surface area (Å²) in [7, 11) is 0. The van der Waals surface area contributed by atoms with Gasteiger partial charge >= 0.3 is 12.0 Å². The number of carboxylic acid groups (broad SMARTS) is 1. The molecule has 1 atom stereocenters. The fourth-order valence-electron chi connectivity index (χ4n) is 2.22. The maximum atomic E-state index is 12.4. The number of carboxylic acids is 1. The summed E-state index contributed by atoms with van der Waals surface area (Å²) in [5, 5.41) is 17.8. The minimum Gasteiger partial charge on any atom is -0.481 e. The van der Waals surface area contributed by atoms with Gasteiger partial charge in [-0.3, -0.25) is 4.79 Å². The summed E-state index contributed by atoms with van der Waals surface area (Å²) in [6.45, 7) is 1.41. The van der Waals surface area contributed by atoms with E-state index in [1.807, 2.05) is 0 Å². The van der Waals surface area contributed by atoms with E-state index in [2.05, 4.69) is 0 Å². The topological polar surface area (TPSA) is 90.3 Å². The van der Waals surface area contributed by atoms with Gasteiger partial charge in [0.05, 0.1) is 32.3 Å². The van der Waals surface area contributed by atoms with Gasteiger partial charge in [0.2, 0.25) is 0 Å². The summed E-state index contributed by atoms with van der Waals surface area (Å²) in [5.74, 6) is -0.895. The van der Waals surface area contributed by atoms with Crippen molar-refractivity contribution in [2.75, 3.05) is 32.8 Å². The molecule has 108 valence electrons. The molecule has 0 aromatic carbocycles. The number of rotatable bonds is 5. The zero-order valence-electron chi connectivity index (χ0n) is 10.8. The maximum Gasteiger partial charge on any atom is 0.320 e. The number of carbonyl (C=O) groups is 2. The van der Waals surface area contributed by atoms with Crippen LogP contribution in [0.15, 0.2) is 0 Å². The van der Waals surface area contributed by atoms with Crippen molar-refractivity contribution < 1.29 is 24.5 Å². The van der Waals surface area contributed by atoms with Crippen molar-refractivity contribution >= 4 is 12.0 Å². The zero-order chi connectivity index (χ0) is 13.8. The molecule has 2 rings (SSSR count). The molecule has 7 heteroatoms. The molecule has 1 heterocycles. The largest absolute Gasteiger partial charge is 0.481 e. The van der Waals surface area contributed by atoms with Crippen LogP contribution in [-0.4, -0.2) is 77.0 Å². The van der Waals surface area contributed by atoms with E-state index < -0.39 is 5.97 Å². The van der Waals surface area contributed by atoms with E-state index in [0.717, 1.165) is 12.8 Å². The van der Waals surface area contributed by atoms with Crippen LogP contribution in [0.3, 0.4) is 0 Å². The second-order valence-electron chi connectivity index (χ2n) is 4.97. The Labute approximate surface area is 111 Å². The number of morpholine rings is 1. The highest BCUT2D eigenvalue weighted by molar-refractivity contribution is 5.76. The van der Waals surface area contributed by atoms with Gasteiger partial charge in [-0.2, -0.15) is 0 Å². The summed E-state index contributed by atoms with van der Waals surface area (Å²) in [6, 6.07) is 0.0489. The monoisotopic (exact) mass is 272 g/mol. The Balaban J connectivity index is 1.92. The molecule has 1 aliphatic carbocycles. The lowest BCUT2D eigenvalue weighted by Gasteiger charge is -2.36. The average Bonchev–Trinajstić information content (AvgIpc) is 3.23. The molecule has 2 fully saturated rings. The first-order chi connectivity index (χ1) is 9.11. The Kier molecular flexibility index (Phi) is 4.60. The molecule has 1 saturated heterocycles.